The third-order valence-electron chi connectivity index (χ3n) is 4.65. The van der Waals surface area contributed by atoms with Gasteiger partial charge in [-0.05, 0) is 63.8 Å². The minimum atomic E-state index is -4.19. The molecule has 2 aliphatic rings. The van der Waals surface area contributed by atoms with Crippen molar-refractivity contribution in [2.75, 3.05) is 13.1 Å². The summed E-state index contributed by atoms with van der Waals surface area (Å²) >= 11 is 3.65. The van der Waals surface area contributed by atoms with Crippen LogP contribution in [0.2, 0.25) is 0 Å². The summed E-state index contributed by atoms with van der Waals surface area (Å²) in [5, 5.41) is 3.43. The smallest absolute Gasteiger partial charge is 0.294 e. The lowest BCUT2D eigenvalue weighted by atomic mass is 9.87. The van der Waals surface area contributed by atoms with Gasteiger partial charge in [0.15, 0.2) is 5.75 Å². The van der Waals surface area contributed by atoms with Crippen LogP contribution in [-0.4, -0.2) is 26.1 Å². The molecule has 0 amide bonds. The summed E-state index contributed by atoms with van der Waals surface area (Å²) in [7, 11) is -4.19. The number of halogens is 1. The highest BCUT2D eigenvalue weighted by Crippen LogP contribution is 2.43. The van der Waals surface area contributed by atoms with Gasteiger partial charge in [0.2, 0.25) is 0 Å². The summed E-state index contributed by atoms with van der Waals surface area (Å²) in [6, 6.07) is 8.47. The van der Waals surface area contributed by atoms with Gasteiger partial charge in [0.1, 0.15) is 6.61 Å². The van der Waals surface area contributed by atoms with Crippen LogP contribution >= 0.6 is 15.9 Å². The van der Waals surface area contributed by atoms with E-state index in [1.807, 2.05) is 0 Å². The fourth-order valence-corrected chi connectivity index (χ4v) is 4.63. The van der Waals surface area contributed by atoms with Crippen LogP contribution in [0.25, 0.3) is 0 Å². The Bertz CT molecular complexity index is 927. The molecule has 1 unspecified atom stereocenters. The van der Waals surface area contributed by atoms with E-state index in [0.29, 0.717) is 6.61 Å². The van der Waals surface area contributed by atoms with Gasteiger partial charge in [-0.1, -0.05) is 12.1 Å². The lowest BCUT2D eigenvalue weighted by molar-refractivity contribution is -0.195. The summed E-state index contributed by atoms with van der Waals surface area (Å²) in [5.74, 6) is 0.802. The lowest BCUT2D eigenvalue weighted by Crippen LogP contribution is -2.21. The summed E-state index contributed by atoms with van der Waals surface area (Å²) < 4.78 is 32.6. The number of hydrogen-bond acceptors (Lipinski definition) is 5. The summed E-state index contributed by atoms with van der Waals surface area (Å²) in [6.45, 7) is 1.99. The van der Waals surface area contributed by atoms with Gasteiger partial charge in [0.05, 0.1) is 9.37 Å². The highest BCUT2D eigenvalue weighted by Gasteiger charge is 2.28. The van der Waals surface area contributed by atoms with Crippen molar-refractivity contribution < 1.29 is 22.7 Å². The van der Waals surface area contributed by atoms with Crippen molar-refractivity contribution in [3.05, 3.63) is 57.1 Å². The number of nitrogens with one attached hydrogen (secondary N) is 1. The quantitative estimate of drug-likeness (QED) is 0.568. The van der Waals surface area contributed by atoms with Gasteiger partial charge in [-0.2, -0.15) is 13.3 Å². The monoisotopic (exact) mass is 425 g/mol. The van der Waals surface area contributed by atoms with Crippen molar-refractivity contribution in [2.24, 2.45) is 0 Å². The SMILES string of the molecule is O=S(=O)(O)c1ccc(C2CNCCc3c2cc2c(c3Br)OOC2)cc1. The van der Waals surface area contributed by atoms with Gasteiger partial charge >= 0.3 is 0 Å². The Morgan fingerprint density at radius 3 is 2.72 bits per heavy atom. The maximum atomic E-state index is 11.3. The molecule has 0 saturated heterocycles. The molecule has 0 spiro atoms. The van der Waals surface area contributed by atoms with Crippen molar-refractivity contribution in [3.8, 4) is 5.75 Å². The average molecular weight is 426 g/mol. The number of rotatable bonds is 2. The highest BCUT2D eigenvalue weighted by molar-refractivity contribution is 9.10. The first-order chi connectivity index (χ1) is 11.9. The molecular weight excluding hydrogens is 410 g/mol. The van der Waals surface area contributed by atoms with E-state index in [2.05, 4.69) is 27.3 Å². The van der Waals surface area contributed by atoms with E-state index in [1.165, 1.54) is 17.7 Å². The molecule has 0 saturated carbocycles. The second-order valence-electron chi connectivity index (χ2n) is 6.14. The van der Waals surface area contributed by atoms with Crippen LogP contribution in [0.15, 0.2) is 39.7 Å². The first kappa shape index (κ1) is 17.0. The summed E-state index contributed by atoms with van der Waals surface area (Å²) in [6.07, 6.45) is 0.853. The van der Waals surface area contributed by atoms with Crippen molar-refractivity contribution in [3.63, 3.8) is 0 Å². The molecule has 8 heteroatoms. The summed E-state index contributed by atoms with van der Waals surface area (Å²) in [4.78, 5) is 10.3. The van der Waals surface area contributed by atoms with E-state index in [1.54, 1.807) is 12.1 Å². The highest BCUT2D eigenvalue weighted by atomic mass is 79.9. The molecular formula is C17H16BrNO5S. The van der Waals surface area contributed by atoms with Crippen LogP contribution in [0.4, 0.5) is 0 Å². The van der Waals surface area contributed by atoms with E-state index in [0.717, 1.165) is 46.4 Å². The molecule has 2 heterocycles. The minimum Gasteiger partial charge on any atom is -0.336 e. The molecule has 132 valence electrons. The molecule has 0 fully saturated rings. The van der Waals surface area contributed by atoms with E-state index in [4.69, 9.17) is 14.3 Å². The normalized spacial score (nSPS) is 19.7. The predicted molar refractivity (Wildman–Crippen MR) is 94.2 cm³/mol. The topological polar surface area (TPSA) is 84.9 Å². The Labute approximate surface area is 154 Å². The molecule has 4 rings (SSSR count). The standard InChI is InChI=1S/C17H16BrNO5S/c18-16-13-5-6-19-8-15(14(13)7-11-9-23-24-17(11)16)10-1-3-12(4-2-10)25(20,21)22/h1-4,7,15,19H,5-6,8-9H2,(H,20,21,22). The first-order valence-electron chi connectivity index (χ1n) is 7.87. The molecule has 2 aromatic carbocycles. The van der Waals surface area contributed by atoms with Gasteiger partial charge in [-0.3, -0.25) is 4.55 Å². The van der Waals surface area contributed by atoms with E-state index in [9.17, 15) is 8.42 Å². The fourth-order valence-electron chi connectivity index (χ4n) is 3.40. The second-order valence-corrected chi connectivity index (χ2v) is 8.36. The van der Waals surface area contributed by atoms with Gasteiger partial charge in [0.25, 0.3) is 10.1 Å². The zero-order valence-electron chi connectivity index (χ0n) is 13.2. The molecule has 1 atom stereocenters. The zero-order valence-corrected chi connectivity index (χ0v) is 15.6. The number of hydrogen-bond donors (Lipinski definition) is 2. The number of fused-ring (bicyclic) bond motifs is 2. The fraction of sp³-hybridized carbons (Fsp3) is 0.294. The molecule has 6 nitrogen and oxygen atoms in total. The van der Waals surface area contributed by atoms with Crippen molar-refractivity contribution in [1.82, 2.24) is 5.32 Å². The maximum absolute atomic E-state index is 11.3. The van der Waals surface area contributed by atoms with Crippen LogP contribution < -0.4 is 10.2 Å². The van der Waals surface area contributed by atoms with Crippen LogP contribution in [0.5, 0.6) is 5.75 Å². The molecule has 0 bridgehead atoms. The maximum Gasteiger partial charge on any atom is 0.294 e. The molecule has 0 aromatic heterocycles. The average Bonchev–Trinajstić information content (AvgIpc) is 2.94. The molecule has 2 N–H and O–H groups in total. The van der Waals surface area contributed by atoms with Crippen LogP contribution in [0, 0.1) is 0 Å². The van der Waals surface area contributed by atoms with Gasteiger partial charge in [0, 0.05) is 18.0 Å². The van der Waals surface area contributed by atoms with Crippen molar-refractivity contribution >= 4 is 26.0 Å². The van der Waals surface area contributed by atoms with Crippen LogP contribution in [-0.2, 0) is 28.0 Å². The number of benzene rings is 2. The second kappa shape index (κ2) is 6.37. The lowest BCUT2D eigenvalue weighted by Gasteiger charge is -2.20. The Kier molecular flexibility index (Phi) is 4.33. The molecule has 0 aliphatic carbocycles. The Morgan fingerprint density at radius 2 is 2.00 bits per heavy atom. The Hall–Kier alpha value is -1.45. The molecule has 2 aliphatic heterocycles. The van der Waals surface area contributed by atoms with Crippen molar-refractivity contribution in [2.45, 2.75) is 23.8 Å². The van der Waals surface area contributed by atoms with Crippen LogP contribution in [0.3, 0.4) is 0 Å². The van der Waals surface area contributed by atoms with Crippen molar-refractivity contribution in [1.29, 1.82) is 0 Å². The molecule has 25 heavy (non-hydrogen) atoms. The Morgan fingerprint density at radius 1 is 1.24 bits per heavy atom. The van der Waals surface area contributed by atoms with E-state index >= 15 is 0 Å². The summed E-state index contributed by atoms with van der Waals surface area (Å²) in [5.41, 5.74) is 4.31. The molecule has 2 aromatic rings. The minimum absolute atomic E-state index is 0.0650. The first-order valence-corrected chi connectivity index (χ1v) is 10.1. The van der Waals surface area contributed by atoms with E-state index < -0.39 is 10.1 Å². The largest absolute Gasteiger partial charge is 0.336 e. The van der Waals surface area contributed by atoms with Gasteiger partial charge in [-0.15, -0.1) is 0 Å². The van der Waals surface area contributed by atoms with E-state index in [-0.39, 0.29) is 10.8 Å². The van der Waals surface area contributed by atoms with Gasteiger partial charge < -0.3 is 10.2 Å². The third-order valence-corrected chi connectivity index (χ3v) is 6.35. The van der Waals surface area contributed by atoms with Crippen LogP contribution in [0.1, 0.15) is 28.2 Å². The third kappa shape index (κ3) is 3.09. The Balaban J connectivity index is 1.81. The predicted octanol–water partition coefficient (Wildman–Crippen LogP) is 2.80. The van der Waals surface area contributed by atoms with Gasteiger partial charge in [-0.25, -0.2) is 0 Å². The molecule has 0 radical (unpaired) electrons. The zero-order chi connectivity index (χ0) is 17.6.